The smallest absolute Gasteiger partial charge is 0.286 e. The van der Waals surface area contributed by atoms with Gasteiger partial charge in [-0.05, 0) is 18.2 Å². The van der Waals surface area contributed by atoms with Crippen LogP contribution < -0.4 is 5.32 Å². The molecule has 2 aliphatic rings. The van der Waals surface area contributed by atoms with Crippen molar-refractivity contribution in [2.24, 2.45) is 0 Å². The number of ether oxygens (including phenoxy) is 1. The maximum atomic E-state index is 11.5. The van der Waals surface area contributed by atoms with Crippen molar-refractivity contribution in [2.45, 2.75) is 18.9 Å². The largest absolute Gasteiger partial charge is 0.488 e. The standard InChI is InChI=1S/C9H13NO2S/c11-9(8-2-1-4-12-8)10-7-3-5-13-6-7/h2,7H,1,3-6H2,(H,10,11). The summed E-state index contributed by atoms with van der Waals surface area (Å²) in [5.74, 6) is 2.67. The summed E-state index contributed by atoms with van der Waals surface area (Å²) in [6.07, 6.45) is 3.81. The van der Waals surface area contributed by atoms with Crippen LogP contribution >= 0.6 is 11.8 Å². The molecular formula is C9H13NO2S. The van der Waals surface area contributed by atoms with E-state index in [1.807, 2.05) is 17.8 Å². The Morgan fingerprint density at radius 2 is 2.62 bits per heavy atom. The first-order valence-corrected chi connectivity index (χ1v) is 5.73. The number of nitrogens with one attached hydrogen (secondary N) is 1. The van der Waals surface area contributed by atoms with Crippen LogP contribution in [0.25, 0.3) is 0 Å². The van der Waals surface area contributed by atoms with Crippen LogP contribution in [0.3, 0.4) is 0 Å². The fraction of sp³-hybridized carbons (Fsp3) is 0.667. The van der Waals surface area contributed by atoms with E-state index in [0.29, 0.717) is 18.4 Å². The molecular weight excluding hydrogens is 186 g/mol. The molecule has 13 heavy (non-hydrogen) atoms. The molecule has 2 aliphatic heterocycles. The molecule has 0 spiro atoms. The number of carbonyl (C=O) groups excluding carboxylic acids is 1. The second-order valence-corrected chi connectivity index (χ2v) is 4.39. The van der Waals surface area contributed by atoms with Crippen molar-refractivity contribution in [3.05, 3.63) is 11.8 Å². The molecule has 0 aromatic rings. The molecule has 0 radical (unpaired) electrons. The molecule has 0 aromatic carbocycles. The van der Waals surface area contributed by atoms with Crippen LogP contribution in [0.4, 0.5) is 0 Å². The monoisotopic (exact) mass is 199 g/mol. The Kier molecular flexibility index (Phi) is 2.78. The summed E-state index contributed by atoms with van der Waals surface area (Å²) in [5.41, 5.74) is 0. The Morgan fingerprint density at radius 1 is 1.69 bits per heavy atom. The Morgan fingerprint density at radius 3 is 3.23 bits per heavy atom. The highest BCUT2D eigenvalue weighted by atomic mass is 32.2. The Labute approximate surface area is 81.9 Å². The summed E-state index contributed by atoms with van der Waals surface area (Å²) >= 11 is 1.89. The lowest BCUT2D eigenvalue weighted by Crippen LogP contribution is -2.35. The molecule has 1 amide bonds. The minimum Gasteiger partial charge on any atom is -0.488 e. The molecule has 2 heterocycles. The van der Waals surface area contributed by atoms with E-state index >= 15 is 0 Å². The second-order valence-electron chi connectivity index (χ2n) is 3.24. The summed E-state index contributed by atoms with van der Waals surface area (Å²) in [5, 5.41) is 2.97. The Balaban J connectivity index is 1.83. The number of hydrogen-bond acceptors (Lipinski definition) is 3. The van der Waals surface area contributed by atoms with E-state index < -0.39 is 0 Å². The van der Waals surface area contributed by atoms with Crippen LogP contribution in [0.2, 0.25) is 0 Å². The molecule has 1 N–H and O–H groups in total. The van der Waals surface area contributed by atoms with E-state index in [1.54, 1.807) is 0 Å². The molecule has 1 atom stereocenters. The molecule has 1 unspecified atom stereocenters. The number of thioether (sulfide) groups is 1. The first-order chi connectivity index (χ1) is 6.36. The van der Waals surface area contributed by atoms with Crippen LogP contribution in [0.15, 0.2) is 11.8 Å². The normalized spacial score (nSPS) is 26.8. The van der Waals surface area contributed by atoms with Crippen molar-refractivity contribution in [1.29, 1.82) is 0 Å². The molecule has 0 bridgehead atoms. The van der Waals surface area contributed by atoms with Gasteiger partial charge in [0.1, 0.15) is 0 Å². The topological polar surface area (TPSA) is 38.3 Å². The zero-order valence-electron chi connectivity index (χ0n) is 7.41. The van der Waals surface area contributed by atoms with Gasteiger partial charge in [0.2, 0.25) is 0 Å². The maximum Gasteiger partial charge on any atom is 0.286 e. The van der Waals surface area contributed by atoms with Gasteiger partial charge in [0.05, 0.1) is 6.61 Å². The average molecular weight is 199 g/mol. The molecule has 1 saturated heterocycles. The van der Waals surface area contributed by atoms with E-state index in [4.69, 9.17) is 4.74 Å². The highest BCUT2D eigenvalue weighted by Gasteiger charge is 2.21. The average Bonchev–Trinajstić information content (AvgIpc) is 2.74. The molecule has 2 rings (SSSR count). The van der Waals surface area contributed by atoms with Crippen molar-refractivity contribution in [1.82, 2.24) is 5.32 Å². The van der Waals surface area contributed by atoms with Gasteiger partial charge in [0.15, 0.2) is 5.76 Å². The molecule has 72 valence electrons. The van der Waals surface area contributed by atoms with Crippen LogP contribution in [-0.2, 0) is 9.53 Å². The van der Waals surface area contributed by atoms with Gasteiger partial charge in [-0.25, -0.2) is 0 Å². The van der Waals surface area contributed by atoms with Crippen molar-refractivity contribution in [3.8, 4) is 0 Å². The first-order valence-electron chi connectivity index (χ1n) is 4.58. The van der Waals surface area contributed by atoms with Gasteiger partial charge in [-0.15, -0.1) is 0 Å². The van der Waals surface area contributed by atoms with E-state index in [9.17, 15) is 4.79 Å². The van der Waals surface area contributed by atoms with E-state index in [2.05, 4.69) is 5.32 Å². The zero-order valence-corrected chi connectivity index (χ0v) is 8.23. The van der Waals surface area contributed by atoms with Gasteiger partial charge in [0, 0.05) is 18.2 Å². The van der Waals surface area contributed by atoms with Crippen molar-refractivity contribution in [3.63, 3.8) is 0 Å². The lowest BCUT2D eigenvalue weighted by molar-refractivity contribution is -0.121. The minimum atomic E-state index is -0.0370. The van der Waals surface area contributed by atoms with Crippen molar-refractivity contribution < 1.29 is 9.53 Å². The third-order valence-corrected chi connectivity index (χ3v) is 3.36. The minimum absolute atomic E-state index is 0.0370. The molecule has 0 aliphatic carbocycles. The summed E-state index contributed by atoms with van der Waals surface area (Å²) in [4.78, 5) is 11.5. The van der Waals surface area contributed by atoms with Gasteiger partial charge in [-0.1, -0.05) is 0 Å². The molecule has 4 heteroatoms. The molecule has 0 saturated carbocycles. The predicted molar refractivity (Wildman–Crippen MR) is 52.5 cm³/mol. The highest BCUT2D eigenvalue weighted by molar-refractivity contribution is 7.99. The summed E-state index contributed by atoms with van der Waals surface area (Å²) in [6, 6.07) is 0.350. The summed E-state index contributed by atoms with van der Waals surface area (Å²) in [6.45, 7) is 0.655. The lowest BCUT2D eigenvalue weighted by atomic mass is 10.2. The molecule has 1 fully saturated rings. The summed E-state index contributed by atoms with van der Waals surface area (Å²) in [7, 11) is 0. The van der Waals surface area contributed by atoms with Crippen LogP contribution in [0.5, 0.6) is 0 Å². The fourth-order valence-electron chi connectivity index (χ4n) is 1.48. The van der Waals surface area contributed by atoms with Gasteiger partial charge in [-0.2, -0.15) is 11.8 Å². The number of carbonyl (C=O) groups is 1. The molecule has 3 nitrogen and oxygen atoms in total. The highest BCUT2D eigenvalue weighted by Crippen LogP contribution is 2.18. The van der Waals surface area contributed by atoms with Gasteiger partial charge >= 0.3 is 0 Å². The van der Waals surface area contributed by atoms with E-state index in [0.717, 1.165) is 24.3 Å². The van der Waals surface area contributed by atoms with Crippen molar-refractivity contribution in [2.75, 3.05) is 18.1 Å². The number of rotatable bonds is 2. The SMILES string of the molecule is O=C(NC1CCSC1)C1=CCCO1. The fourth-order valence-corrected chi connectivity index (χ4v) is 2.63. The van der Waals surface area contributed by atoms with Crippen LogP contribution in [0.1, 0.15) is 12.8 Å². The third kappa shape index (κ3) is 2.18. The quantitative estimate of drug-likeness (QED) is 0.718. The van der Waals surface area contributed by atoms with Crippen LogP contribution in [0, 0.1) is 0 Å². The second kappa shape index (κ2) is 4.05. The maximum absolute atomic E-state index is 11.5. The Bertz CT molecular complexity index is 234. The van der Waals surface area contributed by atoms with Gasteiger partial charge in [0.25, 0.3) is 5.91 Å². The van der Waals surface area contributed by atoms with Gasteiger partial charge < -0.3 is 10.1 Å². The van der Waals surface area contributed by atoms with E-state index in [1.165, 1.54) is 0 Å². The Hall–Kier alpha value is -0.640. The number of hydrogen-bond donors (Lipinski definition) is 1. The molecule has 0 aromatic heterocycles. The van der Waals surface area contributed by atoms with Crippen molar-refractivity contribution >= 4 is 17.7 Å². The van der Waals surface area contributed by atoms with E-state index in [-0.39, 0.29) is 5.91 Å². The van der Waals surface area contributed by atoms with Crippen LogP contribution in [-0.4, -0.2) is 30.1 Å². The zero-order chi connectivity index (χ0) is 9.10. The third-order valence-electron chi connectivity index (χ3n) is 2.19. The summed E-state index contributed by atoms with van der Waals surface area (Å²) < 4.78 is 5.17. The predicted octanol–water partition coefficient (Wildman–Crippen LogP) is 0.912. The van der Waals surface area contributed by atoms with Gasteiger partial charge in [-0.3, -0.25) is 4.79 Å². The lowest BCUT2D eigenvalue weighted by Gasteiger charge is -2.11. The number of amides is 1. The first kappa shape index (κ1) is 8.94.